The van der Waals surface area contributed by atoms with Gasteiger partial charge in [-0.1, -0.05) is 29.8 Å². The number of rotatable bonds is 5. The molecule has 1 aliphatic rings. The molecule has 1 N–H and O–H groups in total. The van der Waals surface area contributed by atoms with Crippen molar-refractivity contribution >= 4 is 18.0 Å². The Morgan fingerprint density at radius 1 is 1.43 bits per heavy atom. The number of amides is 1. The summed E-state index contributed by atoms with van der Waals surface area (Å²) in [6.45, 7) is 3.41. The van der Waals surface area contributed by atoms with Crippen molar-refractivity contribution in [3.8, 4) is 0 Å². The molecule has 1 fully saturated rings. The van der Waals surface area contributed by atoms with Gasteiger partial charge in [0.2, 0.25) is 5.91 Å². The second-order valence-electron chi connectivity index (χ2n) is 5.62. The summed E-state index contributed by atoms with van der Waals surface area (Å²) in [6.07, 6.45) is 5.18. The minimum absolute atomic E-state index is 0.00864. The van der Waals surface area contributed by atoms with E-state index < -0.39 is 5.97 Å². The molecule has 4 heteroatoms. The van der Waals surface area contributed by atoms with Gasteiger partial charge in [0.15, 0.2) is 0 Å². The Bertz CT molecular complexity index is 551. The van der Waals surface area contributed by atoms with Crippen molar-refractivity contribution in [3.63, 3.8) is 0 Å². The molecule has 1 unspecified atom stereocenters. The van der Waals surface area contributed by atoms with E-state index in [9.17, 15) is 9.59 Å². The minimum atomic E-state index is -0.765. The molecule has 0 saturated carbocycles. The van der Waals surface area contributed by atoms with Gasteiger partial charge in [-0.3, -0.25) is 9.59 Å². The summed E-state index contributed by atoms with van der Waals surface area (Å²) in [6, 6.07) is 7.99. The molecule has 21 heavy (non-hydrogen) atoms. The number of carbonyl (C=O) groups is 2. The lowest BCUT2D eigenvalue weighted by Gasteiger charge is -2.14. The number of carboxylic acid groups (broad SMARTS) is 1. The van der Waals surface area contributed by atoms with Crippen LogP contribution in [0.25, 0.3) is 6.08 Å². The quantitative estimate of drug-likeness (QED) is 0.847. The number of nitrogens with zero attached hydrogens (tertiary/aromatic N) is 1. The lowest BCUT2D eigenvalue weighted by molar-refractivity contribution is -0.137. The van der Waals surface area contributed by atoms with Gasteiger partial charge in [-0.15, -0.1) is 0 Å². The van der Waals surface area contributed by atoms with Gasteiger partial charge < -0.3 is 10.0 Å². The second-order valence-corrected chi connectivity index (χ2v) is 5.62. The van der Waals surface area contributed by atoms with Gasteiger partial charge in [-0.25, -0.2) is 0 Å². The lowest BCUT2D eigenvalue weighted by atomic mass is 10.0. The van der Waals surface area contributed by atoms with E-state index in [2.05, 4.69) is 0 Å². The summed E-state index contributed by atoms with van der Waals surface area (Å²) in [7, 11) is 0. The summed E-state index contributed by atoms with van der Waals surface area (Å²) >= 11 is 0. The molecule has 0 aromatic heterocycles. The number of aryl methyl sites for hydroxylation is 1. The molecule has 0 bridgehead atoms. The van der Waals surface area contributed by atoms with Crippen LogP contribution in [-0.2, 0) is 9.59 Å². The Morgan fingerprint density at radius 3 is 2.95 bits per heavy atom. The number of hydrogen-bond donors (Lipinski definition) is 1. The first-order valence-corrected chi connectivity index (χ1v) is 7.30. The van der Waals surface area contributed by atoms with E-state index in [-0.39, 0.29) is 12.3 Å². The van der Waals surface area contributed by atoms with Crippen molar-refractivity contribution in [3.05, 3.63) is 41.5 Å². The highest BCUT2D eigenvalue weighted by Crippen LogP contribution is 2.21. The average Bonchev–Trinajstić information content (AvgIpc) is 2.91. The number of hydrogen-bond acceptors (Lipinski definition) is 2. The van der Waals surface area contributed by atoms with Crippen LogP contribution >= 0.6 is 0 Å². The summed E-state index contributed by atoms with van der Waals surface area (Å²) < 4.78 is 0. The van der Waals surface area contributed by atoms with E-state index in [1.54, 1.807) is 11.0 Å². The normalized spacial score (nSPS) is 18.3. The predicted molar refractivity (Wildman–Crippen MR) is 81.8 cm³/mol. The van der Waals surface area contributed by atoms with Crippen LogP contribution < -0.4 is 0 Å². The van der Waals surface area contributed by atoms with Crippen LogP contribution in [0.4, 0.5) is 0 Å². The highest BCUT2D eigenvalue weighted by molar-refractivity contribution is 5.92. The van der Waals surface area contributed by atoms with Gasteiger partial charge in [-0.2, -0.15) is 0 Å². The lowest BCUT2D eigenvalue weighted by Crippen LogP contribution is -2.26. The van der Waals surface area contributed by atoms with Gasteiger partial charge >= 0.3 is 5.97 Å². The molecule has 112 valence electrons. The van der Waals surface area contributed by atoms with Crippen LogP contribution in [0.5, 0.6) is 0 Å². The van der Waals surface area contributed by atoms with Crippen molar-refractivity contribution in [2.45, 2.75) is 26.2 Å². The molecule has 1 aliphatic heterocycles. The zero-order valence-corrected chi connectivity index (χ0v) is 12.3. The minimum Gasteiger partial charge on any atom is -0.481 e. The molecule has 0 radical (unpaired) electrons. The number of likely N-dealkylation sites (tertiary alicyclic amines) is 1. The first-order chi connectivity index (χ1) is 10.0. The van der Waals surface area contributed by atoms with E-state index in [0.717, 1.165) is 18.5 Å². The van der Waals surface area contributed by atoms with Crippen molar-refractivity contribution in [2.75, 3.05) is 13.1 Å². The second kappa shape index (κ2) is 7.07. The first kappa shape index (κ1) is 15.3. The van der Waals surface area contributed by atoms with E-state index in [1.165, 1.54) is 5.56 Å². The van der Waals surface area contributed by atoms with E-state index >= 15 is 0 Å². The number of carboxylic acids is 1. The maximum atomic E-state index is 12.1. The number of benzene rings is 1. The van der Waals surface area contributed by atoms with E-state index in [0.29, 0.717) is 18.9 Å². The number of aliphatic carboxylic acids is 1. The van der Waals surface area contributed by atoms with E-state index in [4.69, 9.17) is 5.11 Å². The third kappa shape index (κ3) is 4.74. The fourth-order valence-electron chi connectivity index (χ4n) is 2.64. The molecule has 4 nitrogen and oxygen atoms in total. The molecule has 1 aromatic carbocycles. The van der Waals surface area contributed by atoms with Gasteiger partial charge in [0.05, 0.1) is 0 Å². The Kier molecular flexibility index (Phi) is 5.14. The standard InChI is InChI=1S/C17H21NO3/c1-13-3-2-4-14(11-13)5-7-16(19)18-10-9-15(12-18)6-8-17(20)21/h2-5,7,11,15H,6,8-10,12H2,1H3,(H,20,21)/b7-5+. The third-order valence-electron chi connectivity index (χ3n) is 3.82. The summed E-state index contributed by atoms with van der Waals surface area (Å²) in [5.41, 5.74) is 2.18. The first-order valence-electron chi connectivity index (χ1n) is 7.30. The molecular formula is C17H21NO3. The largest absolute Gasteiger partial charge is 0.481 e. The molecule has 1 aromatic rings. The van der Waals surface area contributed by atoms with Crippen molar-refractivity contribution in [2.24, 2.45) is 5.92 Å². The van der Waals surface area contributed by atoms with Crippen LogP contribution in [0.1, 0.15) is 30.4 Å². The maximum Gasteiger partial charge on any atom is 0.303 e. The molecule has 1 saturated heterocycles. The SMILES string of the molecule is Cc1cccc(/C=C/C(=O)N2CCC(CCC(=O)O)C2)c1. The van der Waals surface area contributed by atoms with Crippen molar-refractivity contribution in [1.82, 2.24) is 4.90 Å². The van der Waals surface area contributed by atoms with E-state index in [1.807, 2.05) is 37.3 Å². The van der Waals surface area contributed by atoms with Gasteiger partial charge in [0.1, 0.15) is 0 Å². The summed E-state index contributed by atoms with van der Waals surface area (Å²) in [4.78, 5) is 24.5. The molecular weight excluding hydrogens is 266 g/mol. The monoisotopic (exact) mass is 287 g/mol. The predicted octanol–water partition coefficient (Wildman–Crippen LogP) is 2.72. The Labute approximate surface area is 125 Å². The molecule has 1 atom stereocenters. The smallest absolute Gasteiger partial charge is 0.303 e. The highest BCUT2D eigenvalue weighted by Gasteiger charge is 2.25. The van der Waals surface area contributed by atoms with Crippen LogP contribution in [0.3, 0.4) is 0 Å². The molecule has 2 rings (SSSR count). The van der Waals surface area contributed by atoms with Crippen LogP contribution in [0.15, 0.2) is 30.3 Å². The topological polar surface area (TPSA) is 57.6 Å². The van der Waals surface area contributed by atoms with Crippen LogP contribution in [0, 0.1) is 12.8 Å². The van der Waals surface area contributed by atoms with Gasteiger partial charge in [-0.05, 0) is 37.3 Å². The summed E-state index contributed by atoms with van der Waals surface area (Å²) in [5.74, 6) is -0.439. The van der Waals surface area contributed by atoms with Crippen molar-refractivity contribution in [1.29, 1.82) is 0 Å². The molecule has 1 heterocycles. The molecule has 0 spiro atoms. The third-order valence-corrected chi connectivity index (χ3v) is 3.82. The average molecular weight is 287 g/mol. The Morgan fingerprint density at radius 2 is 2.24 bits per heavy atom. The molecule has 0 aliphatic carbocycles. The van der Waals surface area contributed by atoms with Gasteiger partial charge in [0.25, 0.3) is 0 Å². The fourth-order valence-corrected chi connectivity index (χ4v) is 2.64. The number of carbonyl (C=O) groups excluding carboxylic acids is 1. The molecule has 1 amide bonds. The van der Waals surface area contributed by atoms with Gasteiger partial charge in [0, 0.05) is 25.6 Å². The zero-order valence-electron chi connectivity index (χ0n) is 12.3. The Balaban J connectivity index is 1.85. The van der Waals surface area contributed by atoms with Crippen molar-refractivity contribution < 1.29 is 14.7 Å². The summed E-state index contributed by atoms with van der Waals surface area (Å²) in [5, 5.41) is 8.69. The Hall–Kier alpha value is -2.10. The fraction of sp³-hybridized carbons (Fsp3) is 0.412. The van der Waals surface area contributed by atoms with Crippen LogP contribution in [-0.4, -0.2) is 35.0 Å². The maximum absolute atomic E-state index is 12.1. The van der Waals surface area contributed by atoms with Crippen LogP contribution in [0.2, 0.25) is 0 Å². The zero-order chi connectivity index (χ0) is 15.2. The highest BCUT2D eigenvalue weighted by atomic mass is 16.4.